The van der Waals surface area contributed by atoms with E-state index in [0.717, 1.165) is 63.3 Å². The Labute approximate surface area is 240 Å². The van der Waals surface area contributed by atoms with Crippen LogP contribution in [-0.4, -0.2) is 79.6 Å². The van der Waals surface area contributed by atoms with Crippen molar-refractivity contribution >= 4 is 33.7 Å². The van der Waals surface area contributed by atoms with Gasteiger partial charge < -0.3 is 28.8 Å². The molecule has 0 bridgehead atoms. The van der Waals surface area contributed by atoms with Crippen LogP contribution in [0.2, 0.25) is 0 Å². The minimum Gasteiger partial charge on any atom is -0.422 e. The maximum absolute atomic E-state index is 13.3. The van der Waals surface area contributed by atoms with Gasteiger partial charge in [-0.15, -0.1) is 0 Å². The van der Waals surface area contributed by atoms with Crippen molar-refractivity contribution in [1.82, 2.24) is 14.9 Å². The Morgan fingerprint density at radius 2 is 1.22 bits per heavy atom. The van der Waals surface area contributed by atoms with E-state index in [1.807, 2.05) is 50.8 Å². The predicted molar refractivity (Wildman–Crippen MR) is 162 cm³/mol. The smallest absolute Gasteiger partial charge is 0.343 e. The zero-order valence-corrected chi connectivity index (χ0v) is 24.3. The summed E-state index contributed by atoms with van der Waals surface area (Å²) in [5.41, 5.74) is 4.53. The van der Waals surface area contributed by atoms with Gasteiger partial charge in [0.25, 0.3) is 0 Å². The van der Waals surface area contributed by atoms with Gasteiger partial charge in [-0.25, -0.2) is 9.59 Å². The van der Waals surface area contributed by atoms with Gasteiger partial charge in [0, 0.05) is 47.2 Å². The minimum atomic E-state index is -0.540. The van der Waals surface area contributed by atoms with Gasteiger partial charge in [0.05, 0.1) is 38.8 Å². The van der Waals surface area contributed by atoms with Crippen LogP contribution < -0.4 is 9.47 Å². The molecule has 8 nitrogen and oxygen atoms in total. The van der Waals surface area contributed by atoms with Crippen molar-refractivity contribution in [3.05, 3.63) is 95.3 Å². The topological polar surface area (TPSA) is 87.4 Å². The summed E-state index contributed by atoms with van der Waals surface area (Å²) in [7, 11) is 10.5. The van der Waals surface area contributed by atoms with Crippen LogP contribution in [0.3, 0.4) is 0 Å². The molecule has 0 saturated heterocycles. The van der Waals surface area contributed by atoms with Crippen LogP contribution in [0, 0.1) is 0 Å². The molecule has 2 heterocycles. The van der Waals surface area contributed by atoms with Gasteiger partial charge in [-0.2, -0.15) is 0 Å². The summed E-state index contributed by atoms with van der Waals surface area (Å²) in [6.45, 7) is 1.81. The summed E-state index contributed by atoms with van der Waals surface area (Å²) in [4.78, 5) is 35.2. The second-order valence-corrected chi connectivity index (χ2v) is 11.7. The lowest BCUT2D eigenvalue weighted by molar-refractivity contribution is -0.870. The normalized spacial score (nSPS) is 11.9. The number of nitrogens with one attached hydrogen (secondary N) is 2. The van der Waals surface area contributed by atoms with Crippen LogP contribution in [-0.2, 0) is 12.8 Å². The molecule has 5 aromatic rings. The van der Waals surface area contributed by atoms with Crippen LogP contribution in [0.25, 0.3) is 21.8 Å². The summed E-state index contributed by atoms with van der Waals surface area (Å²) < 4.78 is 12.6. The van der Waals surface area contributed by atoms with E-state index < -0.39 is 11.9 Å². The number of benzene rings is 3. The number of likely N-dealkylation sites (N-methyl/N-ethyl adjacent to an activating group) is 2. The summed E-state index contributed by atoms with van der Waals surface area (Å²) in [6, 6.07) is 17.7. The van der Waals surface area contributed by atoms with Gasteiger partial charge >= 0.3 is 11.9 Å². The molecule has 0 aliphatic carbocycles. The van der Waals surface area contributed by atoms with Crippen LogP contribution in [0.1, 0.15) is 31.8 Å². The first kappa shape index (κ1) is 28.1. The summed E-state index contributed by atoms with van der Waals surface area (Å²) in [5.74, 6) is -0.106. The second-order valence-electron chi connectivity index (χ2n) is 11.7. The molecule has 0 spiro atoms. The highest BCUT2D eigenvalue weighted by Gasteiger charge is 2.19. The van der Waals surface area contributed by atoms with Crippen LogP contribution in [0.4, 0.5) is 0 Å². The molecule has 3 aromatic carbocycles. The average molecular weight is 554 g/mol. The van der Waals surface area contributed by atoms with Crippen molar-refractivity contribution in [2.24, 2.45) is 0 Å². The van der Waals surface area contributed by atoms with E-state index in [2.05, 4.69) is 36.0 Å². The van der Waals surface area contributed by atoms with Crippen LogP contribution in [0.15, 0.2) is 73.1 Å². The number of aromatic nitrogens is 2. The Kier molecular flexibility index (Phi) is 7.97. The lowest BCUT2D eigenvalue weighted by Crippen LogP contribution is -2.36. The number of fused-ring (bicyclic) bond motifs is 2. The lowest BCUT2D eigenvalue weighted by atomic mass is 10.1. The van der Waals surface area contributed by atoms with Gasteiger partial charge in [0.2, 0.25) is 0 Å². The van der Waals surface area contributed by atoms with Gasteiger partial charge in [-0.05, 0) is 74.1 Å². The number of carbonyl (C=O) groups excluding carboxylic acids is 2. The minimum absolute atomic E-state index is 0.269. The van der Waals surface area contributed by atoms with Crippen molar-refractivity contribution < 1.29 is 23.5 Å². The van der Waals surface area contributed by atoms with Crippen molar-refractivity contribution in [3.8, 4) is 11.5 Å². The highest BCUT2D eigenvalue weighted by atomic mass is 16.5. The maximum Gasteiger partial charge on any atom is 0.343 e. The SMILES string of the molecule is CN(C)CCc1c[nH]c2cccc(OC(=O)c3cccc(C(=O)Oc4cccc5[nH]cc(CC[N+](C)(C)C)c45)c3)c12. The molecular formula is C33H37N4O4+. The molecule has 0 aliphatic heterocycles. The highest BCUT2D eigenvalue weighted by molar-refractivity contribution is 6.00. The van der Waals surface area contributed by atoms with E-state index in [4.69, 9.17) is 9.47 Å². The van der Waals surface area contributed by atoms with Crippen LogP contribution in [0.5, 0.6) is 11.5 Å². The van der Waals surface area contributed by atoms with Crippen molar-refractivity contribution in [2.45, 2.75) is 12.8 Å². The van der Waals surface area contributed by atoms with Crippen molar-refractivity contribution in [3.63, 3.8) is 0 Å². The van der Waals surface area contributed by atoms with Gasteiger partial charge in [-0.3, -0.25) is 0 Å². The molecule has 0 aliphatic rings. The lowest BCUT2D eigenvalue weighted by Gasteiger charge is -2.23. The number of nitrogens with zero attached hydrogens (tertiary/aromatic N) is 2. The standard InChI is InChI=1S/C33H37N4O4/c1-36(2)17-15-24-20-34-26-11-7-13-28(30(24)26)40-32(38)22-9-6-10-23(19-22)33(39)41-29-14-8-12-27-31(29)25(21-35-27)16-18-37(3,4)5/h6-14,19-21,34-35H,15-18H2,1-5H3/q+1. The monoisotopic (exact) mass is 553 g/mol. The Hall–Kier alpha value is -4.40. The fraction of sp³-hybridized carbons (Fsp3) is 0.273. The number of H-pyrrole nitrogens is 2. The Morgan fingerprint density at radius 1 is 0.732 bits per heavy atom. The van der Waals surface area contributed by atoms with E-state index in [9.17, 15) is 9.59 Å². The first-order chi connectivity index (χ1) is 19.6. The fourth-order valence-corrected chi connectivity index (χ4v) is 4.89. The molecule has 8 heteroatoms. The Morgan fingerprint density at radius 3 is 1.71 bits per heavy atom. The third-order valence-electron chi connectivity index (χ3n) is 7.12. The first-order valence-electron chi connectivity index (χ1n) is 13.8. The summed E-state index contributed by atoms with van der Waals surface area (Å²) >= 11 is 0. The second kappa shape index (κ2) is 11.6. The van der Waals surface area contributed by atoms with Gasteiger partial charge in [0.15, 0.2) is 0 Å². The number of hydrogen-bond donors (Lipinski definition) is 2. The zero-order chi connectivity index (χ0) is 29.1. The molecule has 0 fully saturated rings. The summed E-state index contributed by atoms with van der Waals surface area (Å²) in [6.07, 6.45) is 5.59. The number of aromatic amines is 2. The molecule has 2 N–H and O–H groups in total. The van der Waals surface area contributed by atoms with E-state index >= 15 is 0 Å². The number of rotatable bonds is 10. The summed E-state index contributed by atoms with van der Waals surface area (Å²) in [5, 5.41) is 1.79. The fourth-order valence-electron chi connectivity index (χ4n) is 4.89. The van der Waals surface area contributed by atoms with E-state index in [1.165, 1.54) is 6.07 Å². The zero-order valence-electron chi connectivity index (χ0n) is 24.3. The molecule has 212 valence electrons. The molecule has 0 atom stereocenters. The van der Waals surface area contributed by atoms with Crippen molar-refractivity contribution in [1.29, 1.82) is 0 Å². The highest BCUT2D eigenvalue weighted by Crippen LogP contribution is 2.31. The molecule has 2 aromatic heterocycles. The number of hydrogen-bond acceptors (Lipinski definition) is 5. The van der Waals surface area contributed by atoms with Crippen LogP contribution >= 0.6 is 0 Å². The largest absolute Gasteiger partial charge is 0.422 e. The number of esters is 2. The van der Waals surface area contributed by atoms with Gasteiger partial charge in [0.1, 0.15) is 11.5 Å². The first-order valence-corrected chi connectivity index (χ1v) is 13.8. The van der Waals surface area contributed by atoms with Crippen molar-refractivity contribution in [2.75, 3.05) is 48.3 Å². The Balaban J connectivity index is 1.35. The molecule has 0 saturated carbocycles. The molecule has 41 heavy (non-hydrogen) atoms. The number of carbonyl (C=O) groups is 2. The molecular weight excluding hydrogens is 516 g/mol. The third-order valence-corrected chi connectivity index (χ3v) is 7.12. The molecule has 0 amide bonds. The number of quaternary nitrogens is 1. The third kappa shape index (κ3) is 6.51. The molecule has 0 radical (unpaired) electrons. The predicted octanol–water partition coefficient (Wildman–Crippen LogP) is 5.44. The average Bonchev–Trinajstić information content (AvgIpc) is 3.55. The van der Waals surface area contributed by atoms with E-state index in [0.29, 0.717) is 11.5 Å². The van der Waals surface area contributed by atoms with E-state index in [-0.39, 0.29) is 11.1 Å². The number of ether oxygens (including phenoxy) is 2. The molecule has 5 rings (SSSR count). The molecule has 0 unspecified atom stereocenters. The Bertz CT molecular complexity index is 1710. The van der Waals surface area contributed by atoms with Gasteiger partial charge in [-0.1, -0.05) is 18.2 Å². The van der Waals surface area contributed by atoms with E-state index in [1.54, 1.807) is 30.3 Å². The maximum atomic E-state index is 13.3. The quantitative estimate of drug-likeness (QED) is 0.137.